The van der Waals surface area contributed by atoms with E-state index < -0.39 is 0 Å². The van der Waals surface area contributed by atoms with Crippen LogP contribution in [-0.2, 0) is 20.2 Å². The maximum atomic E-state index is 12.6. The molecule has 3 rings (SSSR count). The molecule has 1 N–H and O–H groups in total. The van der Waals surface area contributed by atoms with Gasteiger partial charge in [-0.05, 0) is 45.0 Å². The molecule has 7 nitrogen and oxygen atoms in total. The third-order valence-corrected chi connectivity index (χ3v) is 4.73. The second-order valence-corrected chi connectivity index (χ2v) is 6.70. The first-order chi connectivity index (χ1) is 12.9. The normalized spacial score (nSPS) is 10.9. The average Bonchev–Trinajstić information content (AvgIpc) is 3.12. The molecule has 0 radical (unpaired) electrons. The van der Waals surface area contributed by atoms with Crippen LogP contribution < -0.4 is 10.1 Å². The second kappa shape index (κ2) is 7.84. The third kappa shape index (κ3) is 4.14. The van der Waals surface area contributed by atoms with Crippen LogP contribution in [0.3, 0.4) is 0 Å². The van der Waals surface area contributed by atoms with Crippen LogP contribution in [0.2, 0.25) is 5.02 Å². The number of hydrogen-bond donors (Lipinski definition) is 1. The van der Waals surface area contributed by atoms with Gasteiger partial charge in [-0.15, -0.1) is 0 Å². The van der Waals surface area contributed by atoms with E-state index in [1.54, 1.807) is 35.9 Å². The fourth-order valence-corrected chi connectivity index (χ4v) is 2.88. The molecule has 8 heteroatoms. The zero-order valence-corrected chi connectivity index (χ0v) is 16.4. The van der Waals surface area contributed by atoms with Gasteiger partial charge in [-0.2, -0.15) is 5.10 Å². The van der Waals surface area contributed by atoms with Gasteiger partial charge in [0.25, 0.3) is 5.91 Å². The Hall–Kier alpha value is -2.80. The van der Waals surface area contributed by atoms with Crippen LogP contribution in [0.5, 0.6) is 5.75 Å². The number of amides is 1. The molecule has 3 aromatic rings. The molecule has 27 heavy (non-hydrogen) atoms. The minimum Gasteiger partial charge on any atom is -0.489 e. The van der Waals surface area contributed by atoms with Crippen molar-refractivity contribution in [1.82, 2.24) is 20.3 Å². The minimum atomic E-state index is -0.316. The van der Waals surface area contributed by atoms with Gasteiger partial charge in [0.15, 0.2) is 5.69 Å². The number of hydrogen-bond acceptors (Lipinski definition) is 5. The summed E-state index contributed by atoms with van der Waals surface area (Å²) in [5, 5.41) is 11.8. The number of ether oxygens (including phenoxy) is 1. The van der Waals surface area contributed by atoms with Crippen LogP contribution in [0.15, 0.2) is 28.8 Å². The van der Waals surface area contributed by atoms with Gasteiger partial charge >= 0.3 is 0 Å². The highest BCUT2D eigenvalue weighted by Crippen LogP contribution is 2.20. The molecule has 0 aliphatic rings. The van der Waals surface area contributed by atoms with Crippen LogP contribution in [0, 0.1) is 20.8 Å². The van der Waals surface area contributed by atoms with Gasteiger partial charge in [-0.25, -0.2) is 0 Å². The Bertz CT molecular complexity index is 960. The van der Waals surface area contributed by atoms with E-state index >= 15 is 0 Å². The van der Waals surface area contributed by atoms with Crippen molar-refractivity contribution >= 4 is 17.5 Å². The van der Waals surface area contributed by atoms with E-state index in [4.69, 9.17) is 20.9 Å². The van der Waals surface area contributed by atoms with Gasteiger partial charge in [0.05, 0.1) is 11.3 Å². The average molecular weight is 389 g/mol. The predicted octanol–water partition coefficient (Wildman–Crippen LogP) is 3.50. The summed E-state index contributed by atoms with van der Waals surface area (Å²) in [4.78, 5) is 12.6. The van der Waals surface area contributed by atoms with Crippen molar-refractivity contribution in [1.29, 1.82) is 0 Å². The highest BCUT2D eigenvalue weighted by Gasteiger charge is 2.21. The van der Waals surface area contributed by atoms with Crippen LogP contribution in [0.25, 0.3) is 0 Å². The molecule has 0 aliphatic carbocycles. The monoisotopic (exact) mass is 388 g/mol. The molecule has 0 fully saturated rings. The quantitative estimate of drug-likeness (QED) is 0.698. The summed E-state index contributed by atoms with van der Waals surface area (Å²) < 4.78 is 12.7. The second-order valence-electron chi connectivity index (χ2n) is 6.26. The number of benzene rings is 1. The summed E-state index contributed by atoms with van der Waals surface area (Å²) >= 11 is 5.87. The van der Waals surface area contributed by atoms with Gasteiger partial charge in [0, 0.05) is 29.9 Å². The minimum absolute atomic E-state index is 0.171. The number of carbonyl (C=O) groups is 1. The van der Waals surface area contributed by atoms with Gasteiger partial charge in [0.1, 0.15) is 18.1 Å². The lowest BCUT2D eigenvalue weighted by Gasteiger charge is -2.08. The van der Waals surface area contributed by atoms with E-state index in [1.807, 2.05) is 20.9 Å². The van der Waals surface area contributed by atoms with E-state index in [2.05, 4.69) is 15.6 Å². The van der Waals surface area contributed by atoms with Gasteiger partial charge in [0.2, 0.25) is 0 Å². The Labute approximate surface area is 162 Å². The summed E-state index contributed by atoms with van der Waals surface area (Å²) in [5.41, 5.74) is 3.72. The molecule has 1 aromatic carbocycles. The van der Waals surface area contributed by atoms with Crippen LogP contribution in [0.4, 0.5) is 0 Å². The molecular formula is C19H21ClN4O3. The van der Waals surface area contributed by atoms with E-state index in [0.717, 1.165) is 17.0 Å². The zero-order valence-electron chi connectivity index (χ0n) is 15.7. The lowest BCUT2D eigenvalue weighted by molar-refractivity contribution is 0.0939. The first-order valence-electron chi connectivity index (χ1n) is 8.47. The molecule has 0 unspecified atom stereocenters. The third-order valence-electron chi connectivity index (χ3n) is 4.48. The molecule has 1 amide bonds. The van der Waals surface area contributed by atoms with Crippen molar-refractivity contribution in [3.8, 4) is 5.75 Å². The first kappa shape index (κ1) is 19.0. The highest BCUT2D eigenvalue weighted by molar-refractivity contribution is 6.30. The zero-order chi connectivity index (χ0) is 19.6. The molecular weight excluding hydrogens is 368 g/mol. The van der Waals surface area contributed by atoms with Crippen molar-refractivity contribution in [3.63, 3.8) is 0 Å². The Morgan fingerprint density at radius 3 is 2.56 bits per heavy atom. The molecule has 0 saturated carbocycles. The summed E-state index contributed by atoms with van der Waals surface area (Å²) in [6, 6.07) is 7.00. The van der Waals surface area contributed by atoms with Gasteiger partial charge in [-0.1, -0.05) is 16.8 Å². The molecule has 2 aromatic heterocycles. The lowest BCUT2D eigenvalue weighted by atomic mass is 10.1. The smallest absolute Gasteiger partial charge is 0.274 e. The number of rotatable bonds is 6. The number of carbonyl (C=O) groups excluding carboxylic acids is 1. The van der Waals surface area contributed by atoms with Crippen molar-refractivity contribution in [2.24, 2.45) is 7.05 Å². The standard InChI is InChI=1S/C19H21ClN4O3/c1-11-16(12(2)24(4)22-11)9-21-19(25)18-17(13(3)27-23-18)10-26-15-7-5-14(20)6-8-15/h5-8H,9-10H2,1-4H3,(H,21,25). The van der Waals surface area contributed by atoms with E-state index in [9.17, 15) is 4.79 Å². The van der Waals surface area contributed by atoms with E-state index in [0.29, 0.717) is 28.6 Å². The SMILES string of the molecule is Cc1nn(C)c(C)c1CNC(=O)c1noc(C)c1COc1ccc(Cl)cc1. The largest absolute Gasteiger partial charge is 0.489 e. The highest BCUT2D eigenvalue weighted by atomic mass is 35.5. The molecule has 0 saturated heterocycles. The fourth-order valence-electron chi connectivity index (χ4n) is 2.75. The van der Waals surface area contributed by atoms with Gasteiger partial charge in [-0.3, -0.25) is 9.48 Å². The van der Waals surface area contributed by atoms with Crippen molar-refractivity contribution < 1.29 is 14.1 Å². The number of aryl methyl sites for hydroxylation is 3. The molecule has 0 atom stereocenters. The number of nitrogens with zero attached hydrogens (tertiary/aromatic N) is 3. The summed E-state index contributed by atoms with van der Waals surface area (Å²) in [7, 11) is 1.88. The molecule has 0 bridgehead atoms. The Morgan fingerprint density at radius 2 is 1.93 bits per heavy atom. The topological polar surface area (TPSA) is 82.2 Å². The molecule has 0 spiro atoms. The van der Waals surface area contributed by atoms with Crippen molar-refractivity contribution in [2.45, 2.75) is 33.9 Å². The maximum Gasteiger partial charge on any atom is 0.274 e. The maximum absolute atomic E-state index is 12.6. The van der Waals surface area contributed by atoms with Crippen molar-refractivity contribution in [2.75, 3.05) is 0 Å². The number of nitrogens with one attached hydrogen (secondary N) is 1. The van der Waals surface area contributed by atoms with Crippen LogP contribution in [-0.4, -0.2) is 20.8 Å². The Balaban J connectivity index is 1.69. The molecule has 2 heterocycles. The first-order valence-corrected chi connectivity index (χ1v) is 8.85. The number of halogens is 1. The summed E-state index contributed by atoms with van der Waals surface area (Å²) in [6.07, 6.45) is 0. The predicted molar refractivity (Wildman–Crippen MR) is 101 cm³/mol. The summed E-state index contributed by atoms with van der Waals surface area (Å²) in [5.74, 6) is 0.875. The van der Waals surface area contributed by atoms with Crippen LogP contribution in [0.1, 0.15) is 38.8 Å². The van der Waals surface area contributed by atoms with Crippen molar-refractivity contribution in [3.05, 3.63) is 63.3 Å². The summed E-state index contributed by atoms with van der Waals surface area (Å²) in [6.45, 7) is 6.17. The van der Waals surface area contributed by atoms with E-state index in [1.165, 1.54) is 0 Å². The molecule has 0 aliphatic heterocycles. The lowest BCUT2D eigenvalue weighted by Crippen LogP contribution is -2.25. The van der Waals surface area contributed by atoms with Gasteiger partial charge < -0.3 is 14.6 Å². The Morgan fingerprint density at radius 1 is 1.22 bits per heavy atom. The van der Waals surface area contributed by atoms with Crippen LogP contribution >= 0.6 is 11.6 Å². The molecule has 142 valence electrons. The number of aromatic nitrogens is 3. The fraction of sp³-hybridized carbons (Fsp3) is 0.316. The Kier molecular flexibility index (Phi) is 5.51. The van der Waals surface area contributed by atoms with E-state index in [-0.39, 0.29) is 18.2 Å².